The second-order valence-corrected chi connectivity index (χ2v) is 10.8. The summed E-state index contributed by atoms with van der Waals surface area (Å²) in [5.74, 6) is 0.459. The van der Waals surface area contributed by atoms with E-state index in [2.05, 4.69) is 10.3 Å². The molecule has 0 unspecified atom stereocenters. The number of thiazole rings is 1. The second-order valence-electron chi connectivity index (χ2n) is 7.96. The highest BCUT2D eigenvalue weighted by atomic mass is 32.2. The maximum Gasteiger partial charge on any atom is 0.344 e. The summed E-state index contributed by atoms with van der Waals surface area (Å²) in [7, 11) is -2.29. The van der Waals surface area contributed by atoms with Crippen LogP contribution in [0, 0.1) is 0 Å². The van der Waals surface area contributed by atoms with E-state index in [1.54, 1.807) is 36.4 Å². The number of carbonyl (C=O) groups is 1. The molecule has 1 N–H and O–H groups in total. The van der Waals surface area contributed by atoms with Gasteiger partial charge in [-0.1, -0.05) is 18.2 Å². The standard InChI is InChI=1S/C27H27N3O6S2/c1-3-34-23-13-15-25(16-14-23)38(32,33)30(2)22-9-11-24(12-10-22)35-18-26(31)36-17-21-19-37-27(29-21)28-20-7-5-4-6-8-20/h4-16,19H,3,17-18H2,1-2H3,(H,28,29). The van der Waals surface area contributed by atoms with Crippen LogP contribution in [-0.2, 0) is 26.2 Å². The van der Waals surface area contributed by atoms with Crippen molar-refractivity contribution in [1.82, 2.24) is 4.98 Å². The van der Waals surface area contributed by atoms with Crippen molar-refractivity contribution in [3.8, 4) is 11.5 Å². The lowest BCUT2D eigenvalue weighted by Crippen LogP contribution is -2.26. The van der Waals surface area contributed by atoms with Gasteiger partial charge in [0, 0.05) is 18.1 Å². The van der Waals surface area contributed by atoms with Gasteiger partial charge in [0.1, 0.15) is 18.1 Å². The summed E-state index contributed by atoms with van der Waals surface area (Å²) in [6.07, 6.45) is 0. The quantitative estimate of drug-likeness (QED) is 0.238. The van der Waals surface area contributed by atoms with Gasteiger partial charge in [0.15, 0.2) is 11.7 Å². The summed E-state index contributed by atoms with van der Waals surface area (Å²) in [5.41, 5.74) is 1.99. The van der Waals surface area contributed by atoms with Gasteiger partial charge >= 0.3 is 5.97 Å². The van der Waals surface area contributed by atoms with Crippen molar-refractivity contribution in [3.05, 3.63) is 89.9 Å². The number of nitrogens with zero attached hydrogens (tertiary/aromatic N) is 2. The third kappa shape index (κ3) is 7.02. The van der Waals surface area contributed by atoms with Crippen molar-refractivity contribution < 1.29 is 27.4 Å². The first-order valence-corrected chi connectivity index (χ1v) is 14.0. The number of anilines is 3. The number of sulfonamides is 1. The maximum absolute atomic E-state index is 13.0. The Balaban J connectivity index is 1.25. The van der Waals surface area contributed by atoms with Crippen molar-refractivity contribution in [2.75, 3.05) is 29.9 Å². The second kappa shape index (κ2) is 12.4. The molecule has 0 aliphatic carbocycles. The van der Waals surface area contributed by atoms with E-state index in [4.69, 9.17) is 14.2 Å². The lowest BCUT2D eigenvalue weighted by molar-refractivity contribution is -0.147. The van der Waals surface area contributed by atoms with E-state index in [1.165, 1.54) is 34.8 Å². The molecule has 0 spiro atoms. The molecule has 4 rings (SSSR count). The Morgan fingerprint density at radius 2 is 1.61 bits per heavy atom. The van der Waals surface area contributed by atoms with Gasteiger partial charge in [-0.15, -0.1) is 11.3 Å². The van der Waals surface area contributed by atoms with Gasteiger partial charge in [0.25, 0.3) is 10.0 Å². The molecule has 0 saturated heterocycles. The van der Waals surface area contributed by atoms with Crippen molar-refractivity contribution in [2.45, 2.75) is 18.4 Å². The fraction of sp³-hybridized carbons (Fsp3) is 0.185. The van der Waals surface area contributed by atoms with E-state index in [0.29, 0.717) is 34.6 Å². The monoisotopic (exact) mass is 553 g/mol. The van der Waals surface area contributed by atoms with Gasteiger partial charge in [-0.3, -0.25) is 4.31 Å². The minimum Gasteiger partial charge on any atom is -0.494 e. The normalized spacial score (nSPS) is 11.0. The fourth-order valence-electron chi connectivity index (χ4n) is 3.34. The highest BCUT2D eigenvalue weighted by Gasteiger charge is 2.21. The Morgan fingerprint density at radius 3 is 2.29 bits per heavy atom. The lowest BCUT2D eigenvalue weighted by atomic mass is 10.3. The number of benzene rings is 3. The molecule has 9 nitrogen and oxygen atoms in total. The first-order valence-electron chi connectivity index (χ1n) is 11.7. The molecule has 4 aromatic rings. The number of hydrogen-bond donors (Lipinski definition) is 1. The third-order valence-corrected chi connectivity index (χ3v) is 7.91. The first kappa shape index (κ1) is 27.0. The highest BCUT2D eigenvalue weighted by molar-refractivity contribution is 7.92. The number of esters is 1. The van der Waals surface area contributed by atoms with Crippen LogP contribution >= 0.6 is 11.3 Å². The van der Waals surface area contributed by atoms with Gasteiger partial charge in [0.2, 0.25) is 0 Å². The number of nitrogens with one attached hydrogen (secondary N) is 1. The van der Waals surface area contributed by atoms with Crippen LogP contribution in [0.25, 0.3) is 0 Å². The number of hydrogen-bond acceptors (Lipinski definition) is 9. The molecule has 1 heterocycles. The third-order valence-electron chi connectivity index (χ3n) is 5.31. The van der Waals surface area contributed by atoms with Crippen LogP contribution in [0.4, 0.5) is 16.5 Å². The minimum atomic E-state index is -3.76. The van der Waals surface area contributed by atoms with Crippen molar-refractivity contribution in [3.63, 3.8) is 0 Å². The largest absolute Gasteiger partial charge is 0.494 e. The first-order chi connectivity index (χ1) is 18.3. The highest BCUT2D eigenvalue weighted by Crippen LogP contribution is 2.26. The summed E-state index contributed by atoms with van der Waals surface area (Å²) in [6.45, 7) is 2.09. The molecule has 0 aliphatic heterocycles. The molecule has 38 heavy (non-hydrogen) atoms. The molecular formula is C27H27N3O6S2. The molecule has 0 bridgehead atoms. The molecule has 1 aromatic heterocycles. The van der Waals surface area contributed by atoms with Crippen LogP contribution in [0.2, 0.25) is 0 Å². The predicted molar refractivity (Wildman–Crippen MR) is 147 cm³/mol. The smallest absolute Gasteiger partial charge is 0.344 e. The zero-order chi connectivity index (χ0) is 27.0. The van der Waals surface area contributed by atoms with Gasteiger partial charge in [-0.05, 0) is 67.6 Å². The van der Waals surface area contributed by atoms with Crippen LogP contribution in [-0.4, -0.2) is 39.6 Å². The van der Waals surface area contributed by atoms with Crippen molar-refractivity contribution >= 4 is 43.8 Å². The number of rotatable bonds is 12. The van der Waals surface area contributed by atoms with Crippen molar-refractivity contribution in [2.24, 2.45) is 0 Å². The molecule has 3 aromatic carbocycles. The Morgan fingerprint density at radius 1 is 0.947 bits per heavy atom. The van der Waals surface area contributed by atoms with Gasteiger partial charge in [-0.25, -0.2) is 18.2 Å². The number of aromatic nitrogens is 1. The molecule has 0 saturated carbocycles. The van der Waals surface area contributed by atoms with Gasteiger partial charge in [0.05, 0.1) is 22.9 Å². The van der Waals surface area contributed by atoms with E-state index < -0.39 is 16.0 Å². The predicted octanol–water partition coefficient (Wildman–Crippen LogP) is 5.23. The number of para-hydroxylation sites is 1. The van der Waals surface area contributed by atoms with Gasteiger partial charge in [-0.2, -0.15) is 0 Å². The van der Waals surface area contributed by atoms with Crippen LogP contribution < -0.4 is 19.1 Å². The summed E-state index contributed by atoms with van der Waals surface area (Å²) >= 11 is 1.42. The maximum atomic E-state index is 13.0. The minimum absolute atomic E-state index is 0.0301. The van der Waals surface area contributed by atoms with Gasteiger partial charge < -0.3 is 19.5 Å². The SMILES string of the molecule is CCOc1ccc(S(=O)(=O)N(C)c2ccc(OCC(=O)OCc3csc(Nc4ccccc4)n3)cc2)cc1. The topological polar surface area (TPSA) is 107 Å². The zero-order valence-electron chi connectivity index (χ0n) is 20.9. The summed E-state index contributed by atoms with van der Waals surface area (Å²) in [5, 5.41) is 5.71. The summed E-state index contributed by atoms with van der Waals surface area (Å²) in [6, 6.07) is 22.3. The molecule has 0 amide bonds. The molecule has 0 atom stereocenters. The average Bonchev–Trinajstić information content (AvgIpc) is 3.39. The molecule has 0 radical (unpaired) electrons. The Kier molecular flexibility index (Phi) is 8.82. The number of carbonyl (C=O) groups excluding carboxylic acids is 1. The van der Waals surface area contributed by atoms with Crippen LogP contribution in [0.3, 0.4) is 0 Å². The van der Waals surface area contributed by atoms with E-state index >= 15 is 0 Å². The summed E-state index contributed by atoms with van der Waals surface area (Å²) in [4.78, 5) is 16.7. The van der Waals surface area contributed by atoms with E-state index in [9.17, 15) is 13.2 Å². The van der Waals surface area contributed by atoms with Crippen LogP contribution in [0.5, 0.6) is 11.5 Å². The number of ether oxygens (including phenoxy) is 3. The zero-order valence-corrected chi connectivity index (χ0v) is 22.5. The molecular weight excluding hydrogens is 526 g/mol. The molecule has 11 heteroatoms. The fourth-order valence-corrected chi connectivity index (χ4v) is 5.25. The van der Waals surface area contributed by atoms with Crippen LogP contribution in [0.1, 0.15) is 12.6 Å². The van der Waals surface area contributed by atoms with Crippen molar-refractivity contribution in [1.29, 1.82) is 0 Å². The van der Waals surface area contributed by atoms with E-state index in [1.807, 2.05) is 42.6 Å². The average molecular weight is 554 g/mol. The van der Waals surface area contributed by atoms with Crippen LogP contribution in [0.15, 0.2) is 89.1 Å². The Bertz CT molecular complexity index is 1440. The lowest BCUT2D eigenvalue weighted by Gasteiger charge is -2.20. The molecule has 0 aliphatic rings. The summed E-state index contributed by atoms with van der Waals surface area (Å²) < 4.78 is 43.2. The molecule has 198 valence electrons. The Hall–Kier alpha value is -4.09. The van der Waals surface area contributed by atoms with E-state index in [-0.39, 0.29) is 18.1 Å². The Labute approximate surface area is 225 Å². The molecule has 0 fully saturated rings. The van der Waals surface area contributed by atoms with E-state index in [0.717, 1.165) is 5.69 Å².